The van der Waals surface area contributed by atoms with Gasteiger partial charge in [-0.25, -0.2) is 0 Å². The summed E-state index contributed by atoms with van der Waals surface area (Å²) in [6.45, 7) is 0.469. The number of aliphatic carboxylic acids is 1. The average Bonchev–Trinajstić information content (AvgIpc) is 2.71. The maximum Gasteiger partial charge on any atom is 0.303 e. The first kappa shape index (κ1) is 14.9. The van der Waals surface area contributed by atoms with E-state index in [2.05, 4.69) is 5.32 Å². The Morgan fingerprint density at radius 2 is 2.22 bits per heavy atom. The van der Waals surface area contributed by atoms with Gasteiger partial charge in [-0.15, -0.1) is 11.3 Å². The monoisotopic (exact) mass is 290 g/mol. The molecule has 18 heavy (non-hydrogen) atoms. The van der Waals surface area contributed by atoms with Crippen LogP contribution in [0.2, 0.25) is 4.34 Å². The van der Waals surface area contributed by atoms with Gasteiger partial charge in [0.15, 0.2) is 0 Å². The Labute approximate surface area is 114 Å². The standard InChI is InChI=1S/C11H15ClN2O3S/c12-9-3-1-7(18-9)5-6-14-11(17)8(13)2-4-10(15)16/h1,3,8H,2,4-6,13H2,(H,14,17)(H,15,16). The minimum Gasteiger partial charge on any atom is -0.481 e. The summed E-state index contributed by atoms with van der Waals surface area (Å²) in [6, 6.07) is 2.94. The number of amides is 1. The van der Waals surface area contributed by atoms with Crippen LogP contribution in [-0.4, -0.2) is 29.6 Å². The lowest BCUT2D eigenvalue weighted by Gasteiger charge is -2.10. The number of carbonyl (C=O) groups excluding carboxylic acids is 1. The normalized spacial score (nSPS) is 12.1. The van der Waals surface area contributed by atoms with Crippen LogP contribution in [0, 0.1) is 0 Å². The van der Waals surface area contributed by atoms with E-state index in [1.807, 2.05) is 12.1 Å². The topological polar surface area (TPSA) is 92.4 Å². The van der Waals surface area contributed by atoms with Crippen molar-refractivity contribution in [1.29, 1.82) is 0 Å². The van der Waals surface area contributed by atoms with Crippen molar-refractivity contribution < 1.29 is 14.7 Å². The fraction of sp³-hybridized carbons (Fsp3) is 0.455. The molecule has 1 aromatic rings. The number of thiophene rings is 1. The molecule has 100 valence electrons. The molecule has 1 amide bonds. The number of carboxylic acid groups (broad SMARTS) is 1. The van der Waals surface area contributed by atoms with Gasteiger partial charge in [0.2, 0.25) is 5.91 Å². The Hall–Kier alpha value is -1.11. The molecule has 7 heteroatoms. The number of halogens is 1. The van der Waals surface area contributed by atoms with Crippen molar-refractivity contribution >= 4 is 34.8 Å². The zero-order valence-electron chi connectivity index (χ0n) is 9.69. The summed E-state index contributed by atoms with van der Waals surface area (Å²) < 4.78 is 0.717. The molecule has 0 saturated carbocycles. The average molecular weight is 291 g/mol. The quantitative estimate of drug-likeness (QED) is 0.705. The largest absolute Gasteiger partial charge is 0.481 e. The lowest BCUT2D eigenvalue weighted by molar-refractivity contribution is -0.137. The highest BCUT2D eigenvalue weighted by Crippen LogP contribution is 2.21. The van der Waals surface area contributed by atoms with Gasteiger partial charge in [0.1, 0.15) is 0 Å². The first-order chi connectivity index (χ1) is 8.49. The molecule has 5 nitrogen and oxygen atoms in total. The summed E-state index contributed by atoms with van der Waals surface area (Å²) in [6.07, 6.45) is 0.732. The van der Waals surface area contributed by atoms with Crippen molar-refractivity contribution in [1.82, 2.24) is 5.32 Å². The highest BCUT2D eigenvalue weighted by molar-refractivity contribution is 7.16. The molecule has 0 aromatic carbocycles. The molecule has 0 spiro atoms. The van der Waals surface area contributed by atoms with Crippen molar-refractivity contribution in [2.24, 2.45) is 5.73 Å². The van der Waals surface area contributed by atoms with Crippen LogP contribution in [0.15, 0.2) is 12.1 Å². The molecule has 0 radical (unpaired) electrons. The Morgan fingerprint density at radius 1 is 1.50 bits per heavy atom. The lowest BCUT2D eigenvalue weighted by atomic mass is 10.1. The van der Waals surface area contributed by atoms with E-state index in [1.54, 1.807) is 0 Å². The number of carbonyl (C=O) groups is 2. The first-order valence-electron chi connectivity index (χ1n) is 5.48. The predicted octanol–water partition coefficient (Wildman–Crippen LogP) is 1.25. The van der Waals surface area contributed by atoms with Crippen LogP contribution in [0.5, 0.6) is 0 Å². The van der Waals surface area contributed by atoms with Crippen molar-refractivity contribution in [3.63, 3.8) is 0 Å². The SMILES string of the molecule is NC(CCC(=O)O)C(=O)NCCc1ccc(Cl)s1. The molecule has 1 heterocycles. The molecular formula is C11H15ClN2O3S. The first-order valence-corrected chi connectivity index (χ1v) is 6.68. The highest BCUT2D eigenvalue weighted by Gasteiger charge is 2.14. The van der Waals surface area contributed by atoms with E-state index in [0.29, 0.717) is 13.0 Å². The molecule has 1 aromatic heterocycles. The Morgan fingerprint density at radius 3 is 2.78 bits per heavy atom. The molecule has 0 aliphatic rings. The van der Waals surface area contributed by atoms with Gasteiger partial charge in [-0.3, -0.25) is 9.59 Å². The van der Waals surface area contributed by atoms with Gasteiger partial charge in [-0.2, -0.15) is 0 Å². The zero-order chi connectivity index (χ0) is 13.5. The van der Waals surface area contributed by atoms with Crippen molar-refractivity contribution in [3.8, 4) is 0 Å². The second-order valence-electron chi connectivity index (χ2n) is 3.79. The number of rotatable bonds is 7. The summed E-state index contributed by atoms with van der Waals surface area (Å²) in [5.41, 5.74) is 5.56. The third kappa shape index (κ3) is 5.48. The van der Waals surface area contributed by atoms with Gasteiger partial charge in [0, 0.05) is 17.8 Å². The zero-order valence-corrected chi connectivity index (χ0v) is 11.3. The summed E-state index contributed by atoms with van der Waals surface area (Å²) in [4.78, 5) is 22.9. The lowest BCUT2D eigenvalue weighted by Crippen LogP contribution is -2.41. The molecule has 0 aliphatic carbocycles. The van der Waals surface area contributed by atoms with Crippen molar-refractivity contribution in [2.75, 3.05) is 6.54 Å². The fourth-order valence-electron chi connectivity index (χ4n) is 1.34. The predicted molar refractivity (Wildman–Crippen MR) is 70.9 cm³/mol. The number of hydrogen-bond acceptors (Lipinski definition) is 4. The van der Waals surface area contributed by atoms with E-state index in [0.717, 1.165) is 9.21 Å². The van der Waals surface area contributed by atoms with Crippen LogP contribution in [0.3, 0.4) is 0 Å². The van der Waals surface area contributed by atoms with E-state index < -0.39 is 12.0 Å². The molecule has 0 bridgehead atoms. The molecule has 4 N–H and O–H groups in total. The van der Waals surface area contributed by atoms with E-state index >= 15 is 0 Å². The number of carboxylic acids is 1. The molecule has 0 fully saturated rings. The van der Waals surface area contributed by atoms with Gasteiger partial charge < -0.3 is 16.2 Å². The van der Waals surface area contributed by atoms with Crippen molar-refractivity contribution in [2.45, 2.75) is 25.3 Å². The molecule has 0 aliphatic heterocycles. The van der Waals surface area contributed by atoms with E-state index in [-0.39, 0.29) is 18.7 Å². The summed E-state index contributed by atoms with van der Waals surface area (Å²) in [5.74, 6) is -1.27. The van der Waals surface area contributed by atoms with Crippen LogP contribution < -0.4 is 11.1 Å². The third-order valence-corrected chi connectivity index (χ3v) is 3.60. The molecule has 1 unspecified atom stereocenters. The van der Waals surface area contributed by atoms with Gasteiger partial charge in [0.05, 0.1) is 10.4 Å². The summed E-state index contributed by atoms with van der Waals surface area (Å²) in [7, 11) is 0. The second kappa shape index (κ2) is 7.35. The van der Waals surface area contributed by atoms with Crippen LogP contribution in [0.25, 0.3) is 0 Å². The number of hydrogen-bond donors (Lipinski definition) is 3. The molecular weight excluding hydrogens is 276 g/mol. The van der Waals surface area contributed by atoms with Gasteiger partial charge in [-0.05, 0) is 25.0 Å². The fourth-order valence-corrected chi connectivity index (χ4v) is 2.42. The summed E-state index contributed by atoms with van der Waals surface area (Å²) >= 11 is 7.25. The minimum absolute atomic E-state index is 0.102. The van der Waals surface area contributed by atoms with Crippen LogP contribution in [0.1, 0.15) is 17.7 Å². The second-order valence-corrected chi connectivity index (χ2v) is 5.59. The van der Waals surface area contributed by atoms with Crippen LogP contribution in [-0.2, 0) is 16.0 Å². The smallest absolute Gasteiger partial charge is 0.303 e. The Balaban J connectivity index is 2.22. The Kier molecular flexibility index (Phi) is 6.11. The van der Waals surface area contributed by atoms with Crippen LogP contribution in [0.4, 0.5) is 0 Å². The van der Waals surface area contributed by atoms with Crippen molar-refractivity contribution in [3.05, 3.63) is 21.3 Å². The van der Waals surface area contributed by atoms with Crippen LogP contribution >= 0.6 is 22.9 Å². The van der Waals surface area contributed by atoms with Gasteiger partial charge in [-0.1, -0.05) is 11.6 Å². The van der Waals surface area contributed by atoms with E-state index in [1.165, 1.54) is 11.3 Å². The summed E-state index contributed by atoms with van der Waals surface area (Å²) in [5, 5.41) is 11.1. The molecule has 1 atom stereocenters. The van der Waals surface area contributed by atoms with E-state index in [9.17, 15) is 9.59 Å². The van der Waals surface area contributed by atoms with E-state index in [4.69, 9.17) is 22.4 Å². The number of nitrogens with two attached hydrogens (primary N) is 1. The highest BCUT2D eigenvalue weighted by atomic mass is 35.5. The maximum absolute atomic E-state index is 11.5. The van der Waals surface area contributed by atoms with Gasteiger partial charge in [0.25, 0.3) is 0 Å². The van der Waals surface area contributed by atoms with Gasteiger partial charge >= 0.3 is 5.97 Å². The molecule has 1 rings (SSSR count). The minimum atomic E-state index is -0.952. The molecule has 0 saturated heterocycles. The Bertz CT molecular complexity index is 422. The maximum atomic E-state index is 11.5. The number of nitrogens with one attached hydrogen (secondary N) is 1. The third-order valence-electron chi connectivity index (χ3n) is 2.31.